The van der Waals surface area contributed by atoms with E-state index in [1.165, 1.54) is 22.3 Å². The van der Waals surface area contributed by atoms with Crippen LogP contribution in [0.25, 0.3) is 0 Å². The summed E-state index contributed by atoms with van der Waals surface area (Å²) in [4.78, 5) is 22.6. The number of fused-ring (bicyclic) bond motifs is 1. The quantitative estimate of drug-likeness (QED) is 0.421. The van der Waals surface area contributed by atoms with E-state index in [9.17, 15) is 9.59 Å². The topological polar surface area (TPSA) is 34.1 Å². The molecule has 0 aliphatic heterocycles. The maximum Gasteiger partial charge on any atom is 0.224 e. The first kappa shape index (κ1) is 22.3. The minimum atomic E-state index is -0.274. The molecule has 1 aliphatic carbocycles. The van der Waals surface area contributed by atoms with E-state index in [-0.39, 0.29) is 22.9 Å². The number of ketones is 1. The second kappa shape index (κ2) is 9.49. The zero-order chi connectivity index (χ0) is 20.3. The van der Waals surface area contributed by atoms with Crippen LogP contribution >= 0.6 is 43.5 Å². The monoisotopic (exact) mass is 512 g/mol. The van der Waals surface area contributed by atoms with Gasteiger partial charge in [0.25, 0.3) is 0 Å². The fourth-order valence-corrected chi connectivity index (χ4v) is 4.22. The van der Waals surface area contributed by atoms with Crippen molar-refractivity contribution in [3.05, 3.63) is 67.1 Å². The first-order chi connectivity index (χ1) is 12.6. The molecule has 3 rings (SSSR count). The molecular weight excluding hydrogens is 492 g/mol. The molecule has 0 radical (unpaired) electrons. The molecule has 2 unspecified atom stereocenters. The predicted octanol–water partition coefficient (Wildman–Crippen LogP) is 6.83. The molecule has 5 heteroatoms. The summed E-state index contributed by atoms with van der Waals surface area (Å²) in [6.45, 7) is 7.94. The summed E-state index contributed by atoms with van der Waals surface area (Å²) in [7, 11) is 0. The Kier molecular flexibility index (Phi) is 7.84. The minimum Gasteiger partial charge on any atom is -0.294 e. The number of Topliss-reactive ketones (excluding diaryl/α,β-unsaturated/α-hetero) is 1. The van der Waals surface area contributed by atoms with Crippen LogP contribution < -0.4 is 0 Å². The molecule has 0 spiro atoms. The summed E-state index contributed by atoms with van der Waals surface area (Å²) < 4.78 is 1.98. The van der Waals surface area contributed by atoms with Crippen LogP contribution in [-0.4, -0.2) is 11.0 Å². The van der Waals surface area contributed by atoms with E-state index in [4.69, 9.17) is 11.6 Å². The van der Waals surface area contributed by atoms with Crippen LogP contribution in [-0.2, 0) is 17.6 Å². The van der Waals surface area contributed by atoms with Gasteiger partial charge in [-0.05, 0) is 78.7 Å². The zero-order valence-corrected chi connectivity index (χ0v) is 19.8. The van der Waals surface area contributed by atoms with Crippen molar-refractivity contribution in [3.8, 4) is 0 Å². The Labute approximate surface area is 182 Å². The molecule has 0 saturated carbocycles. The Morgan fingerprint density at radius 3 is 2.41 bits per heavy atom. The lowest BCUT2D eigenvalue weighted by molar-refractivity contribution is -0.114. The molecule has 1 aliphatic rings. The summed E-state index contributed by atoms with van der Waals surface area (Å²) in [6, 6.07) is 10.1. The number of hydrogen-bond acceptors (Lipinski definition) is 2. The van der Waals surface area contributed by atoms with Crippen molar-refractivity contribution >= 4 is 54.5 Å². The normalized spacial score (nSPS) is 16.4. The second-order valence-corrected chi connectivity index (χ2v) is 9.31. The van der Waals surface area contributed by atoms with Crippen LogP contribution in [0, 0.1) is 25.7 Å². The van der Waals surface area contributed by atoms with Crippen molar-refractivity contribution in [1.82, 2.24) is 0 Å². The molecule has 2 atom stereocenters. The fourth-order valence-electron chi connectivity index (χ4n) is 3.17. The summed E-state index contributed by atoms with van der Waals surface area (Å²) >= 11 is 12.3. The highest BCUT2D eigenvalue weighted by Gasteiger charge is 2.29. The molecule has 0 aromatic heterocycles. The Morgan fingerprint density at radius 2 is 1.81 bits per heavy atom. The van der Waals surface area contributed by atoms with Crippen molar-refractivity contribution in [2.24, 2.45) is 11.8 Å². The molecule has 2 aromatic carbocycles. The Morgan fingerprint density at radius 1 is 1.19 bits per heavy atom. The van der Waals surface area contributed by atoms with E-state index < -0.39 is 0 Å². The maximum absolute atomic E-state index is 11.7. The molecule has 0 N–H and O–H groups in total. The van der Waals surface area contributed by atoms with E-state index >= 15 is 0 Å². The number of benzene rings is 2. The molecule has 0 fully saturated rings. The lowest BCUT2D eigenvalue weighted by atomic mass is 9.98. The van der Waals surface area contributed by atoms with Gasteiger partial charge in [0.15, 0.2) is 5.78 Å². The van der Waals surface area contributed by atoms with Crippen LogP contribution in [0.1, 0.15) is 46.5 Å². The van der Waals surface area contributed by atoms with Gasteiger partial charge < -0.3 is 0 Å². The molecule has 0 heterocycles. The van der Waals surface area contributed by atoms with E-state index in [1.807, 2.05) is 45.0 Å². The number of halogens is 3. The SMILES string of the molecule is Cc1ccc(Br)c2c1CC(C)C2=O.Cc1ccc(Br)cc1CC(C)C(=O)Cl. The van der Waals surface area contributed by atoms with Crippen LogP contribution in [0.4, 0.5) is 0 Å². The maximum atomic E-state index is 11.7. The third-order valence-corrected chi connectivity index (χ3v) is 6.45. The van der Waals surface area contributed by atoms with Crippen LogP contribution in [0.3, 0.4) is 0 Å². The predicted molar refractivity (Wildman–Crippen MR) is 119 cm³/mol. The van der Waals surface area contributed by atoms with Gasteiger partial charge in [-0.1, -0.05) is 57.8 Å². The van der Waals surface area contributed by atoms with Gasteiger partial charge in [0.2, 0.25) is 5.24 Å². The molecule has 2 nitrogen and oxygen atoms in total. The average molecular weight is 515 g/mol. The molecule has 0 bridgehead atoms. The first-order valence-corrected chi connectivity index (χ1v) is 10.8. The highest BCUT2D eigenvalue weighted by Crippen LogP contribution is 2.34. The zero-order valence-electron chi connectivity index (χ0n) is 15.9. The largest absolute Gasteiger partial charge is 0.294 e. The van der Waals surface area contributed by atoms with Gasteiger partial charge in [-0.2, -0.15) is 0 Å². The lowest BCUT2D eigenvalue weighted by Gasteiger charge is -2.09. The van der Waals surface area contributed by atoms with E-state index in [1.54, 1.807) is 0 Å². The smallest absolute Gasteiger partial charge is 0.224 e. The average Bonchev–Trinajstić information content (AvgIpc) is 2.91. The van der Waals surface area contributed by atoms with Gasteiger partial charge in [-0.25, -0.2) is 0 Å². The minimum absolute atomic E-state index is 0.121. The van der Waals surface area contributed by atoms with Crippen molar-refractivity contribution in [2.45, 2.75) is 40.5 Å². The third-order valence-electron chi connectivity index (χ3n) is 4.93. The molecule has 144 valence electrons. The van der Waals surface area contributed by atoms with Gasteiger partial charge in [0.1, 0.15) is 0 Å². The van der Waals surface area contributed by atoms with Crippen LogP contribution in [0.15, 0.2) is 39.3 Å². The van der Waals surface area contributed by atoms with E-state index in [0.29, 0.717) is 6.42 Å². The molecule has 0 saturated heterocycles. The Balaban J connectivity index is 0.000000194. The van der Waals surface area contributed by atoms with Crippen molar-refractivity contribution in [1.29, 1.82) is 0 Å². The van der Waals surface area contributed by atoms with E-state index in [2.05, 4.69) is 44.8 Å². The lowest BCUT2D eigenvalue weighted by Crippen LogP contribution is -2.08. The molecular formula is C22H23Br2ClO2. The van der Waals surface area contributed by atoms with Gasteiger partial charge in [0.05, 0.1) is 0 Å². The molecule has 2 aromatic rings. The van der Waals surface area contributed by atoms with Crippen LogP contribution in [0.5, 0.6) is 0 Å². The number of carbonyl (C=O) groups is 2. The van der Waals surface area contributed by atoms with Crippen LogP contribution in [0.2, 0.25) is 0 Å². The van der Waals surface area contributed by atoms with Gasteiger partial charge in [0, 0.05) is 26.3 Å². The van der Waals surface area contributed by atoms with Gasteiger partial charge in [-0.15, -0.1) is 0 Å². The van der Waals surface area contributed by atoms with Crippen molar-refractivity contribution in [2.75, 3.05) is 0 Å². The highest BCUT2D eigenvalue weighted by atomic mass is 79.9. The Bertz CT molecular complexity index is 877. The van der Waals surface area contributed by atoms with Crippen molar-refractivity contribution in [3.63, 3.8) is 0 Å². The molecule has 27 heavy (non-hydrogen) atoms. The third kappa shape index (κ3) is 5.52. The fraction of sp³-hybridized carbons (Fsp3) is 0.364. The molecule has 0 amide bonds. The summed E-state index contributed by atoms with van der Waals surface area (Å²) in [6.07, 6.45) is 1.60. The number of carbonyl (C=O) groups excluding carboxylic acids is 2. The van der Waals surface area contributed by atoms with E-state index in [0.717, 1.165) is 20.9 Å². The summed E-state index contributed by atoms with van der Waals surface area (Å²) in [5, 5.41) is -0.274. The second-order valence-electron chi connectivity index (χ2n) is 7.17. The highest BCUT2D eigenvalue weighted by molar-refractivity contribution is 9.10. The number of rotatable bonds is 3. The van der Waals surface area contributed by atoms with Gasteiger partial charge in [-0.3, -0.25) is 9.59 Å². The number of aryl methyl sites for hydroxylation is 2. The first-order valence-electron chi connectivity index (χ1n) is 8.88. The van der Waals surface area contributed by atoms with Crippen molar-refractivity contribution < 1.29 is 9.59 Å². The Hall–Kier alpha value is -0.970. The summed E-state index contributed by atoms with van der Waals surface area (Å²) in [5.41, 5.74) is 5.73. The summed E-state index contributed by atoms with van der Waals surface area (Å²) in [5.74, 6) is 0.322. The number of hydrogen-bond donors (Lipinski definition) is 0. The van der Waals surface area contributed by atoms with Gasteiger partial charge >= 0.3 is 0 Å². The standard InChI is InChI=1S/C11H12BrClO.C11H11BrO/c1-7-3-4-10(12)6-9(7)5-8(2)11(13)14;1-6-3-4-9(12)10-8(6)5-7(2)11(10)13/h3-4,6,8H,5H2,1-2H3;3-4,7H,5H2,1-2H3.